The van der Waals surface area contributed by atoms with Crippen LogP contribution < -0.4 is 26.3 Å². The summed E-state index contributed by atoms with van der Waals surface area (Å²) < 4.78 is 21.4. The van der Waals surface area contributed by atoms with Crippen molar-refractivity contribution < 1.29 is 18.4 Å². The Morgan fingerprint density at radius 1 is 0.896 bits per heavy atom. The fraction of sp³-hybridized carbons (Fsp3) is 0.263. The van der Waals surface area contributed by atoms with E-state index in [0.717, 1.165) is 17.7 Å². The molecule has 2 aromatic heterocycles. The van der Waals surface area contributed by atoms with Gasteiger partial charge in [0.05, 0.1) is 11.4 Å². The Labute approximate surface area is 275 Å². The average molecular weight is 645 g/mol. The first kappa shape index (κ1) is 29.9. The number of nitrogens with zero attached hydrogens (tertiary/aromatic N) is 3. The van der Waals surface area contributed by atoms with Crippen molar-refractivity contribution in [2.45, 2.75) is 44.7 Å². The van der Waals surface area contributed by atoms with Crippen LogP contribution in [0.2, 0.25) is 0 Å². The maximum Gasteiger partial charge on any atom is 0.349 e. The van der Waals surface area contributed by atoms with E-state index in [1.807, 2.05) is 23.6 Å². The van der Waals surface area contributed by atoms with E-state index < -0.39 is 11.5 Å². The number of carbonyl (C=O) groups is 2. The number of piperidine rings is 1. The summed E-state index contributed by atoms with van der Waals surface area (Å²) in [5.41, 5.74) is 3.32. The van der Waals surface area contributed by atoms with E-state index in [9.17, 15) is 23.6 Å². The SMILES string of the molecule is CC1CCc2cc(F)ccc2N1C(=O)c1ccc(N2CC3CC(C2)c2cccc(=O)n2C3)c(NC(=O)c2cc3ccccc3oc2=O)c1. The smallest absolute Gasteiger partial charge is 0.349 e. The molecule has 8 rings (SSSR count). The maximum absolute atomic E-state index is 14.2. The van der Waals surface area contributed by atoms with E-state index in [1.165, 1.54) is 18.2 Å². The minimum Gasteiger partial charge on any atom is -0.422 e. The third-order valence-electron chi connectivity index (χ3n) is 9.99. The van der Waals surface area contributed by atoms with E-state index in [0.29, 0.717) is 66.1 Å². The molecule has 0 spiro atoms. The first-order valence-electron chi connectivity index (χ1n) is 16.3. The number of rotatable bonds is 4. The highest BCUT2D eigenvalue weighted by atomic mass is 19.1. The number of aromatic nitrogens is 1. The predicted molar refractivity (Wildman–Crippen MR) is 182 cm³/mol. The summed E-state index contributed by atoms with van der Waals surface area (Å²) in [6, 6.07) is 23.5. The molecule has 242 valence electrons. The summed E-state index contributed by atoms with van der Waals surface area (Å²) in [5.74, 6) is -0.954. The lowest BCUT2D eigenvalue weighted by atomic mass is 9.83. The summed E-state index contributed by atoms with van der Waals surface area (Å²) in [5, 5.41) is 3.55. The van der Waals surface area contributed by atoms with Gasteiger partial charge in [0.25, 0.3) is 17.4 Å². The lowest BCUT2D eigenvalue weighted by Gasteiger charge is -2.44. The fourth-order valence-corrected chi connectivity index (χ4v) is 7.72. The maximum atomic E-state index is 14.2. The summed E-state index contributed by atoms with van der Waals surface area (Å²) in [7, 11) is 0. The largest absolute Gasteiger partial charge is 0.422 e. The molecule has 1 N–H and O–H groups in total. The van der Waals surface area contributed by atoms with Crippen LogP contribution in [0, 0.1) is 11.7 Å². The van der Waals surface area contributed by atoms with Crippen LogP contribution in [0.5, 0.6) is 0 Å². The molecule has 2 bridgehead atoms. The molecule has 0 radical (unpaired) electrons. The number of aryl methyl sites for hydroxylation is 1. The van der Waals surface area contributed by atoms with Crippen molar-refractivity contribution in [2.24, 2.45) is 5.92 Å². The van der Waals surface area contributed by atoms with Gasteiger partial charge >= 0.3 is 5.63 Å². The van der Waals surface area contributed by atoms with Crippen molar-refractivity contribution in [2.75, 3.05) is 28.2 Å². The summed E-state index contributed by atoms with van der Waals surface area (Å²) in [6.45, 7) is 3.82. The van der Waals surface area contributed by atoms with Crippen molar-refractivity contribution in [1.29, 1.82) is 0 Å². The van der Waals surface area contributed by atoms with Crippen LogP contribution in [0.3, 0.4) is 0 Å². The highest BCUT2D eigenvalue weighted by Crippen LogP contribution is 2.40. The Morgan fingerprint density at radius 2 is 1.73 bits per heavy atom. The molecule has 3 unspecified atom stereocenters. The number of carbonyl (C=O) groups excluding carboxylic acids is 2. The fourth-order valence-electron chi connectivity index (χ4n) is 7.72. The zero-order valence-corrected chi connectivity index (χ0v) is 26.3. The van der Waals surface area contributed by atoms with Gasteiger partial charge in [-0.3, -0.25) is 14.4 Å². The van der Waals surface area contributed by atoms with Crippen LogP contribution in [0.15, 0.2) is 98.9 Å². The van der Waals surface area contributed by atoms with Crippen LogP contribution in [-0.2, 0) is 13.0 Å². The molecule has 0 aliphatic carbocycles. The van der Waals surface area contributed by atoms with Gasteiger partial charge in [-0.1, -0.05) is 24.3 Å². The van der Waals surface area contributed by atoms with Gasteiger partial charge in [0.2, 0.25) is 0 Å². The van der Waals surface area contributed by atoms with Crippen molar-refractivity contribution in [3.8, 4) is 0 Å². The second-order valence-electron chi connectivity index (χ2n) is 13.1. The van der Waals surface area contributed by atoms with Crippen LogP contribution in [-0.4, -0.2) is 35.5 Å². The molecule has 5 heterocycles. The zero-order chi connectivity index (χ0) is 33.1. The van der Waals surface area contributed by atoms with Crippen LogP contribution in [0.25, 0.3) is 11.0 Å². The molecule has 1 fully saturated rings. The monoisotopic (exact) mass is 644 g/mol. The first-order chi connectivity index (χ1) is 23.2. The number of anilines is 3. The minimum absolute atomic E-state index is 0.00284. The topological polar surface area (TPSA) is 105 Å². The van der Waals surface area contributed by atoms with E-state index in [4.69, 9.17) is 4.42 Å². The van der Waals surface area contributed by atoms with Gasteiger partial charge in [-0.15, -0.1) is 0 Å². The van der Waals surface area contributed by atoms with Gasteiger partial charge in [-0.25, -0.2) is 9.18 Å². The van der Waals surface area contributed by atoms with Gasteiger partial charge < -0.3 is 24.1 Å². The molecular formula is C38H33FN4O5. The van der Waals surface area contributed by atoms with Crippen LogP contribution in [0.1, 0.15) is 57.7 Å². The molecule has 2 amide bonds. The second kappa shape index (κ2) is 11.6. The lowest BCUT2D eigenvalue weighted by Crippen LogP contribution is -2.47. The normalized spacial score (nSPS) is 19.8. The Balaban J connectivity index is 1.18. The second-order valence-corrected chi connectivity index (χ2v) is 13.1. The standard InChI is InChI=1S/C38H33FN4O5/c1-22-9-10-24-16-28(39)12-14-32(24)43(22)37(46)26-11-13-33(41-19-23-15-27(21-41)31-6-4-8-35(44)42(31)20-23)30(18-26)40-36(45)29-17-25-5-2-3-7-34(25)48-38(29)47/h2-8,11-14,16-18,22-23,27H,9-10,15,19-21H2,1H3,(H,40,45). The average Bonchev–Trinajstić information content (AvgIpc) is 3.08. The summed E-state index contributed by atoms with van der Waals surface area (Å²) in [4.78, 5) is 57.4. The number of para-hydroxylation sites is 1. The van der Waals surface area contributed by atoms with Crippen molar-refractivity contribution in [3.63, 3.8) is 0 Å². The summed E-state index contributed by atoms with van der Waals surface area (Å²) in [6.07, 6.45) is 2.30. The molecular weight excluding hydrogens is 611 g/mol. The van der Waals surface area contributed by atoms with Crippen molar-refractivity contribution >= 4 is 39.8 Å². The number of hydrogen-bond acceptors (Lipinski definition) is 6. The van der Waals surface area contributed by atoms with Gasteiger partial charge in [0, 0.05) is 60.0 Å². The van der Waals surface area contributed by atoms with Gasteiger partial charge in [-0.2, -0.15) is 0 Å². The highest BCUT2D eigenvalue weighted by molar-refractivity contribution is 6.11. The van der Waals surface area contributed by atoms with Crippen LogP contribution in [0.4, 0.5) is 21.5 Å². The zero-order valence-electron chi connectivity index (χ0n) is 26.3. The third kappa shape index (κ3) is 5.17. The Bertz CT molecular complexity index is 2240. The molecule has 9 nitrogen and oxygen atoms in total. The molecule has 0 saturated carbocycles. The van der Waals surface area contributed by atoms with E-state index >= 15 is 0 Å². The van der Waals surface area contributed by atoms with Gasteiger partial charge in [0.1, 0.15) is 17.0 Å². The molecule has 1 saturated heterocycles. The third-order valence-corrected chi connectivity index (χ3v) is 9.99. The molecule has 5 aromatic rings. The number of nitrogens with one attached hydrogen (secondary N) is 1. The summed E-state index contributed by atoms with van der Waals surface area (Å²) >= 11 is 0. The van der Waals surface area contributed by atoms with Gasteiger partial charge in [-0.05, 0) is 92.3 Å². The molecule has 48 heavy (non-hydrogen) atoms. The molecule has 3 aliphatic rings. The van der Waals surface area contributed by atoms with E-state index in [-0.39, 0.29) is 40.7 Å². The number of halogens is 1. The Morgan fingerprint density at radius 3 is 2.60 bits per heavy atom. The molecule has 3 atom stereocenters. The lowest BCUT2D eigenvalue weighted by molar-refractivity contribution is 0.0973. The van der Waals surface area contributed by atoms with Crippen molar-refractivity contribution in [3.05, 3.63) is 134 Å². The molecule has 3 aromatic carbocycles. The van der Waals surface area contributed by atoms with Crippen LogP contribution >= 0.6 is 0 Å². The van der Waals surface area contributed by atoms with Gasteiger partial charge in [0.15, 0.2) is 0 Å². The quantitative estimate of drug-likeness (QED) is 0.243. The molecule has 10 heteroatoms. The minimum atomic E-state index is -0.763. The first-order valence-corrected chi connectivity index (χ1v) is 16.3. The number of amides is 2. The number of benzene rings is 3. The number of fused-ring (bicyclic) bond motifs is 6. The Hall–Kier alpha value is -5.51. The molecule has 3 aliphatic heterocycles. The van der Waals surface area contributed by atoms with E-state index in [1.54, 1.807) is 59.5 Å². The highest BCUT2D eigenvalue weighted by Gasteiger charge is 2.36. The number of pyridine rings is 1. The predicted octanol–water partition coefficient (Wildman–Crippen LogP) is 5.95. The number of hydrogen-bond donors (Lipinski definition) is 1. The van der Waals surface area contributed by atoms with E-state index in [2.05, 4.69) is 10.2 Å². The van der Waals surface area contributed by atoms with Crippen molar-refractivity contribution in [1.82, 2.24) is 4.57 Å². The Kier molecular flexibility index (Phi) is 7.23.